The summed E-state index contributed by atoms with van der Waals surface area (Å²) in [5.41, 5.74) is 4.84. The Balaban J connectivity index is 1.92. The molecule has 1 atom stereocenters. The average molecular weight is 347 g/mol. The number of sulfonamides is 1. The summed E-state index contributed by atoms with van der Waals surface area (Å²) in [5.74, 6) is 0. The lowest BCUT2D eigenvalue weighted by Gasteiger charge is -2.25. The van der Waals surface area contributed by atoms with Crippen LogP contribution in [0.3, 0.4) is 0 Å². The van der Waals surface area contributed by atoms with Crippen molar-refractivity contribution < 1.29 is 8.42 Å². The molecule has 1 aromatic carbocycles. The van der Waals surface area contributed by atoms with E-state index < -0.39 is 10.0 Å². The maximum Gasteiger partial charge on any atom is 0.246 e. The number of nitrogens with one attached hydrogen (secondary N) is 1. The molecule has 1 aromatic heterocycles. The largest absolute Gasteiger partial charge is 0.281 e. The Morgan fingerprint density at radius 3 is 2.67 bits per heavy atom. The maximum absolute atomic E-state index is 13.2. The Bertz CT molecular complexity index is 836. The Hall–Kier alpha value is -1.66. The first-order chi connectivity index (χ1) is 11.3. The molecule has 24 heavy (non-hydrogen) atoms. The molecule has 1 saturated heterocycles. The molecule has 3 rings (SSSR count). The quantitative estimate of drug-likeness (QED) is 0.924. The summed E-state index contributed by atoms with van der Waals surface area (Å²) >= 11 is 0. The fourth-order valence-corrected chi connectivity index (χ4v) is 5.67. The van der Waals surface area contributed by atoms with E-state index in [4.69, 9.17) is 0 Å². The van der Waals surface area contributed by atoms with Gasteiger partial charge in [-0.2, -0.15) is 9.40 Å². The highest BCUT2D eigenvalue weighted by Crippen LogP contribution is 2.31. The van der Waals surface area contributed by atoms with E-state index in [1.807, 2.05) is 0 Å². The normalized spacial score (nSPS) is 19.1. The average Bonchev–Trinajstić information content (AvgIpc) is 3.10. The van der Waals surface area contributed by atoms with Crippen LogP contribution in [0.2, 0.25) is 0 Å². The molecule has 0 aliphatic carbocycles. The van der Waals surface area contributed by atoms with Gasteiger partial charge < -0.3 is 0 Å². The van der Waals surface area contributed by atoms with Crippen LogP contribution in [-0.2, 0) is 16.4 Å². The van der Waals surface area contributed by atoms with Crippen LogP contribution in [0.4, 0.5) is 0 Å². The molecule has 1 unspecified atom stereocenters. The van der Waals surface area contributed by atoms with Gasteiger partial charge in [0, 0.05) is 12.6 Å². The predicted molar refractivity (Wildman–Crippen MR) is 94.6 cm³/mol. The van der Waals surface area contributed by atoms with E-state index in [0.717, 1.165) is 19.3 Å². The first-order valence-corrected chi connectivity index (χ1v) is 9.84. The van der Waals surface area contributed by atoms with Crippen molar-refractivity contribution in [3.8, 4) is 0 Å². The van der Waals surface area contributed by atoms with Crippen LogP contribution in [0, 0.1) is 27.7 Å². The summed E-state index contributed by atoms with van der Waals surface area (Å²) in [6.45, 7) is 8.26. The minimum Gasteiger partial charge on any atom is -0.281 e. The van der Waals surface area contributed by atoms with Crippen molar-refractivity contribution in [2.45, 2.75) is 57.9 Å². The van der Waals surface area contributed by atoms with Gasteiger partial charge >= 0.3 is 0 Å². The van der Waals surface area contributed by atoms with Gasteiger partial charge in [0.2, 0.25) is 10.0 Å². The van der Waals surface area contributed by atoms with Gasteiger partial charge in [0.05, 0.1) is 11.4 Å². The van der Waals surface area contributed by atoms with Crippen molar-refractivity contribution in [3.05, 3.63) is 46.3 Å². The second kappa shape index (κ2) is 6.33. The smallest absolute Gasteiger partial charge is 0.246 e. The second-order valence-electron chi connectivity index (χ2n) is 6.81. The summed E-state index contributed by atoms with van der Waals surface area (Å²) < 4.78 is 28.0. The molecule has 5 nitrogen and oxygen atoms in total. The van der Waals surface area contributed by atoms with Gasteiger partial charge in [-0.05, 0) is 58.1 Å². The van der Waals surface area contributed by atoms with E-state index in [-0.39, 0.29) is 6.04 Å². The van der Waals surface area contributed by atoms with Crippen LogP contribution in [0.1, 0.15) is 40.9 Å². The lowest BCUT2D eigenvalue weighted by molar-refractivity contribution is 0.385. The van der Waals surface area contributed by atoms with E-state index in [2.05, 4.69) is 42.2 Å². The summed E-state index contributed by atoms with van der Waals surface area (Å²) in [5, 5.41) is 6.85. The van der Waals surface area contributed by atoms with Crippen LogP contribution in [0.25, 0.3) is 0 Å². The number of benzene rings is 1. The van der Waals surface area contributed by atoms with Crippen molar-refractivity contribution in [2.24, 2.45) is 0 Å². The van der Waals surface area contributed by atoms with Crippen LogP contribution < -0.4 is 0 Å². The SMILES string of the molecule is Cc1ccc(C)c(CC2CCCN2S(=O)(=O)c2c(C)n[nH]c2C)c1. The van der Waals surface area contributed by atoms with E-state index in [1.165, 1.54) is 16.7 Å². The molecule has 0 spiro atoms. The highest BCUT2D eigenvalue weighted by molar-refractivity contribution is 7.89. The molecule has 1 N–H and O–H groups in total. The number of hydrogen-bond acceptors (Lipinski definition) is 3. The highest BCUT2D eigenvalue weighted by Gasteiger charge is 2.37. The van der Waals surface area contributed by atoms with E-state index in [9.17, 15) is 8.42 Å². The van der Waals surface area contributed by atoms with Crippen molar-refractivity contribution in [1.29, 1.82) is 0 Å². The fraction of sp³-hybridized carbons (Fsp3) is 0.500. The van der Waals surface area contributed by atoms with E-state index in [1.54, 1.807) is 18.2 Å². The standard InChI is InChI=1S/C18H25N3O2S/c1-12-7-8-13(2)16(10-12)11-17-6-5-9-21(17)24(22,23)18-14(3)19-20-15(18)4/h7-8,10,17H,5-6,9,11H2,1-4H3,(H,19,20). The molecule has 0 bridgehead atoms. The Morgan fingerprint density at radius 2 is 2.00 bits per heavy atom. The molecular formula is C18H25N3O2S. The molecular weight excluding hydrogens is 322 g/mol. The maximum atomic E-state index is 13.2. The minimum absolute atomic E-state index is 0.0178. The molecule has 1 aliphatic heterocycles. The summed E-state index contributed by atoms with van der Waals surface area (Å²) in [4.78, 5) is 0.343. The molecule has 1 fully saturated rings. The van der Waals surface area contributed by atoms with Crippen molar-refractivity contribution in [3.63, 3.8) is 0 Å². The summed E-state index contributed by atoms with van der Waals surface area (Å²) in [7, 11) is -3.51. The third-order valence-corrected chi connectivity index (χ3v) is 7.13. The van der Waals surface area contributed by atoms with Gasteiger partial charge in [0.1, 0.15) is 4.90 Å². The number of H-pyrrole nitrogens is 1. The first kappa shape index (κ1) is 17.2. The molecule has 6 heteroatoms. The monoisotopic (exact) mass is 347 g/mol. The zero-order valence-electron chi connectivity index (χ0n) is 14.8. The minimum atomic E-state index is -3.51. The fourth-order valence-electron chi connectivity index (χ4n) is 3.64. The Kier molecular flexibility index (Phi) is 4.53. The van der Waals surface area contributed by atoms with Crippen molar-refractivity contribution >= 4 is 10.0 Å². The topological polar surface area (TPSA) is 66.1 Å². The number of nitrogens with zero attached hydrogens (tertiary/aromatic N) is 2. The number of aromatic nitrogens is 2. The van der Waals surface area contributed by atoms with Gasteiger partial charge in [-0.1, -0.05) is 23.8 Å². The summed E-state index contributed by atoms with van der Waals surface area (Å²) in [6, 6.07) is 6.40. The third-order valence-electron chi connectivity index (χ3n) is 4.91. The Morgan fingerprint density at radius 1 is 1.25 bits per heavy atom. The summed E-state index contributed by atoms with van der Waals surface area (Å²) in [6.07, 6.45) is 2.58. The molecule has 0 amide bonds. The lowest BCUT2D eigenvalue weighted by atomic mass is 9.98. The Labute approximate surface area is 144 Å². The number of aromatic amines is 1. The molecule has 1 aliphatic rings. The van der Waals surface area contributed by atoms with Gasteiger partial charge in [-0.25, -0.2) is 8.42 Å². The van der Waals surface area contributed by atoms with Gasteiger partial charge in [0.25, 0.3) is 0 Å². The lowest BCUT2D eigenvalue weighted by Crippen LogP contribution is -2.37. The van der Waals surface area contributed by atoms with Crippen LogP contribution in [0.15, 0.2) is 23.1 Å². The molecule has 0 radical (unpaired) electrons. The van der Waals surface area contributed by atoms with Gasteiger partial charge in [-0.3, -0.25) is 5.10 Å². The second-order valence-corrected chi connectivity index (χ2v) is 8.64. The highest BCUT2D eigenvalue weighted by atomic mass is 32.2. The van der Waals surface area contributed by atoms with Crippen molar-refractivity contribution in [2.75, 3.05) is 6.54 Å². The van der Waals surface area contributed by atoms with Crippen LogP contribution in [0.5, 0.6) is 0 Å². The van der Waals surface area contributed by atoms with E-state index >= 15 is 0 Å². The number of hydrogen-bond donors (Lipinski definition) is 1. The first-order valence-electron chi connectivity index (χ1n) is 8.40. The number of rotatable bonds is 4. The van der Waals surface area contributed by atoms with E-state index in [0.29, 0.717) is 22.8 Å². The van der Waals surface area contributed by atoms with Gasteiger partial charge in [-0.15, -0.1) is 0 Å². The zero-order valence-corrected chi connectivity index (χ0v) is 15.6. The number of aryl methyl sites for hydroxylation is 4. The predicted octanol–water partition coefficient (Wildman–Crippen LogP) is 3.04. The van der Waals surface area contributed by atoms with Crippen LogP contribution in [-0.4, -0.2) is 35.5 Å². The zero-order chi connectivity index (χ0) is 17.5. The molecule has 2 aromatic rings. The third kappa shape index (κ3) is 3.00. The molecule has 130 valence electrons. The van der Waals surface area contributed by atoms with Crippen LogP contribution >= 0.6 is 0 Å². The molecule has 2 heterocycles. The van der Waals surface area contributed by atoms with Gasteiger partial charge in [0.15, 0.2) is 0 Å². The molecule has 0 saturated carbocycles. The van der Waals surface area contributed by atoms with Crippen molar-refractivity contribution in [1.82, 2.24) is 14.5 Å².